The quantitative estimate of drug-likeness (QED) is 0.458. The summed E-state index contributed by atoms with van der Waals surface area (Å²) in [6.07, 6.45) is 8.42. The predicted molar refractivity (Wildman–Crippen MR) is 75.7 cm³/mol. The Kier molecular flexibility index (Phi) is 9.07. The van der Waals surface area contributed by atoms with Gasteiger partial charge < -0.3 is 0 Å². The van der Waals surface area contributed by atoms with Crippen LogP contribution in [-0.4, -0.2) is 0 Å². The van der Waals surface area contributed by atoms with Crippen molar-refractivity contribution in [3.05, 3.63) is 0 Å². The van der Waals surface area contributed by atoms with Crippen LogP contribution in [0, 0.1) is 23.7 Å². The van der Waals surface area contributed by atoms with Crippen molar-refractivity contribution < 1.29 is 0 Å². The summed E-state index contributed by atoms with van der Waals surface area (Å²) in [6.45, 7) is 14.3. The molecule has 0 nitrogen and oxygen atoms in total. The summed E-state index contributed by atoms with van der Waals surface area (Å²) in [6, 6.07) is 0. The van der Waals surface area contributed by atoms with Gasteiger partial charge in [-0.15, -0.1) is 0 Å². The first-order chi connectivity index (χ1) is 7.51. The van der Waals surface area contributed by atoms with Gasteiger partial charge in [0, 0.05) is 0 Å². The summed E-state index contributed by atoms with van der Waals surface area (Å²) >= 11 is 0. The number of rotatable bonds is 9. The monoisotopic (exact) mass is 226 g/mol. The van der Waals surface area contributed by atoms with Gasteiger partial charge in [0.15, 0.2) is 0 Å². The molecule has 0 radical (unpaired) electrons. The highest BCUT2D eigenvalue weighted by molar-refractivity contribution is 4.68. The summed E-state index contributed by atoms with van der Waals surface area (Å²) in [4.78, 5) is 0. The van der Waals surface area contributed by atoms with Crippen LogP contribution in [0.5, 0.6) is 0 Å². The topological polar surface area (TPSA) is 0 Å². The molecule has 0 heteroatoms. The van der Waals surface area contributed by atoms with Crippen LogP contribution in [0.25, 0.3) is 0 Å². The van der Waals surface area contributed by atoms with E-state index in [1.165, 1.54) is 38.5 Å². The molecule has 0 rings (SSSR count). The van der Waals surface area contributed by atoms with E-state index in [2.05, 4.69) is 41.5 Å². The van der Waals surface area contributed by atoms with Crippen molar-refractivity contribution in [3.63, 3.8) is 0 Å². The molecule has 0 amide bonds. The second kappa shape index (κ2) is 9.07. The lowest BCUT2D eigenvalue weighted by molar-refractivity contribution is 0.258. The highest BCUT2D eigenvalue weighted by Gasteiger charge is 2.17. The van der Waals surface area contributed by atoms with Crippen LogP contribution >= 0.6 is 0 Å². The van der Waals surface area contributed by atoms with Crippen LogP contribution in [-0.2, 0) is 0 Å². The van der Waals surface area contributed by atoms with Gasteiger partial charge in [-0.1, -0.05) is 67.2 Å². The molecule has 3 unspecified atom stereocenters. The first kappa shape index (κ1) is 16.0. The Morgan fingerprint density at radius 1 is 0.812 bits per heavy atom. The Labute approximate surface area is 104 Å². The maximum Gasteiger partial charge on any atom is -0.0389 e. The average Bonchev–Trinajstić information content (AvgIpc) is 2.23. The van der Waals surface area contributed by atoms with Crippen LogP contribution < -0.4 is 0 Å². The summed E-state index contributed by atoms with van der Waals surface area (Å²) in [5.74, 6) is 3.65. The Hall–Kier alpha value is 0. The van der Waals surface area contributed by atoms with Gasteiger partial charge in [-0.05, 0) is 36.5 Å². The van der Waals surface area contributed by atoms with E-state index >= 15 is 0 Å². The largest absolute Gasteiger partial charge is 0.0654 e. The molecule has 0 bridgehead atoms. The molecule has 0 aliphatic carbocycles. The van der Waals surface area contributed by atoms with E-state index in [4.69, 9.17) is 0 Å². The molecule has 0 aromatic heterocycles. The van der Waals surface area contributed by atoms with Crippen molar-refractivity contribution >= 4 is 0 Å². The summed E-state index contributed by atoms with van der Waals surface area (Å²) < 4.78 is 0. The van der Waals surface area contributed by atoms with E-state index in [9.17, 15) is 0 Å². The lowest BCUT2D eigenvalue weighted by atomic mass is 9.80. The molecule has 0 N–H and O–H groups in total. The minimum Gasteiger partial charge on any atom is -0.0654 e. The maximum atomic E-state index is 2.45. The minimum atomic E-state index is 0.867. The SMILES string of the molecule is CCCCC(CC(C)CC(C)CC)C(C)C. The molecule has 3 atom stereocenters. The molecule has 0 saturated carbocycles. The fourth-order valence-electron chi connectivity index (χ4n) is 2.66. The summed E-state index contributed by atoms with van der Waals surface area (Å²) in [7, 11) is 0. The number of hydrogen-bond donors (Lipinski definition) is 0. The molecule has 16 heavy (non-hydrogen) atoms. The third-order valence-electron chi connectivity index (χ3n) is 4.08. The third kappa shape index (κ3) is 7.30. The molecular formula is C16H34. The Balaban J connectivity index is 3.97. The van der Waals surface area contributed by atoms with Gasteiger partial charge in [-0.3, -0.25) is 0 Å². The standard InChI is InChI=1S/C16H34/c1-7-9-10-16(13(3)4)12-15(6)11-14(5)8-2/h13-16H,7-12H2,1-6H3. The van der Waals surface area contributed by atoms with Gasteiger partial charge in [-0.2, -0.15) is 0 Å². The zero-order valence-corrected chi connectivity index (χ0v) is 12.6. The zero-order chi connectivity index (χ0) is 12.6. The van der Waals surface area contributed by atoms with Gasteiger partial charge in [0.1, 0.15) is 0 Å². The third-order valence-corrected chi connectivity index (χ3v) is 4.08. The summed E-state index contributed by atoms with van der Waals surface area (Å²) in [5.41, 5.74) is 0. The van der Waals surface area contributed by atoms with Gasteiger partial charge in [-0.25, -0.2) is 0 Å². The predicted octanol–water partition coefficient (Wildman–Crippen LogP) is 5.91. The van der Waals surface area contributed by atoms with Crippen LogP contribution in [0.2, 0.25) is 0 Å². The zero-order valence-electron chi connectivity index (χ0n) is 12.6. The van der Waals surface area contributed by atoms with Gasteiger partial charge in [0.2, 0.25) is 0 Å². The second-order valence-electron chi connectivity index (χ2n) is 6.24. The van der Waals surface area contributed by atoms with Gasteiger partial charge in [0.25, 0.3) is 0 Å². The lowest BCUT2D eigenvalue weighted by Crippen LogP contribution is -2.14. The van der Waals surface area contributed by atoms with Crippen LogP contribution in [0.1, 0.15) is 80.1 Å². The number of unbranched alkanes of at least 4 members (excludes halogenated alkanes) is 1. The lowest BCUT2D eigenvalue weighted by Gasteiger charge is -2.25. The van der Waals surface area contributed by atoms with Crippen molar-refractivity contribution in [2.45, 2.75) is 80.1 Å². The highest BCUT2D eigenvalue weighted by Crippen LogP contribution is 2.29. The molecule has 0 aliphatic rings. The smallest absolute Gasteiger partial charge is 0.0389 e. The fraction of sp³-hybridized carbons (Fsp3) is 1.00. The van der Waals surface area contributed by atoms with Crippen LogP contribution in [0.4, 0.5) is 0 Å². The molecule has 0 aromatic rings. The molecule has 0 spiro atoms. The van der Waals surface area contributed by atoms with E-state index in [1.807, 2.05) is 0 Å². The minimum absolute atomic E-state index is 0.867. The Morgan fingerprint density at radius 2 is 1.44 bits per heavy atom. The molecule has 0 aliphatic heterocycles. The molecule has 0 heterocycles. The summed E-state index contributed by atoms with van der Waals surface area (Å²) in [5, 5.41) is 0. The van der Waals surface area contributed by atoms with Gasteiger partial charge in [0.05, 0.1) is 0 Å². The first-order valence-electron chi connectivity index (χ1n) is 7.51. The maximum absolute atomic E-state index is 2.45. The van der Waals surface area contributed by atoms with E-state index in [1.54, 1.807) is 0 Å². The first-order valence-corrected chi connectivity index (χ1v) is 7.51. The molecule has 0 fully saturated rings. The van der Waals surface area contributed by atoms with Crippen molar-refractivity contribution in [2.24, 2.45) is 23.7 Å². The van der Waals surface area contributed by atoms with Crippen molar-refractivity contribution in [2.75, 3.05) is 0 Å². The molecule has 0 saturated heterocycles. The van der Waals surface area contributed by atoms with E-state index in [0.717, 1.165) is 23.7 Å². The van der Waals surface area contributed by atoms with Crippen molar-refractivity contribution in [3.8, 4) is 0 Å². The normalized spacial score (nSPS) is 17.4. The second-order valence-corrected chi connectivity index (χ2v) is 6.24. The number of hydrogen-bond acceptors (Lipinski definition) is 0. The van der Waals surface area contributed by atoms with E-state index in [0.29, 0.717) is 0 Å². The molecule has 98 valence electrons. The fourth-order valence-corrected chi connectivity index (χ4v) is 2.66. The highest BCUT2D eigenvalue weighted by atomic mass is 14.2. The van der Waals surface area contributed by atoms with E-state index < -0.39 is 0 Å². The molecule has 0 aromatic carbocycles. The Morgan fingerprint density at radius 3 is 1.88 bits per heavy atom. The average molecular weight is 226 g/mol. The van der Waals surface area contributed by atoms with Gasteiger partial charge >= 0.3 is 0 Å². The van der Waals surface area contributed by atoms with Crippen LogP contribution in [0.3, 0.4) is 0 Å². The van der Waals surface area contributed by atoms with Crippen LogP contribution in [0.15, 0.2) is 0 Å². The van der Waals surface area contributed by atoms with Crippen molar-refractivity contribution in [1.29, 1.82) is 0 Å². The Bertz CT molecular complexity index is 148. The molecular weight excluding hydrogens is 192 g/mol. The van der Waals surface area contributed by atoms with E-state index in [-0.39, 0.29) is 0 Å². The van der Waals surface area contributed by atoms with Crippen molar-refractivity contribution in [1.82, 2.24) is 0 Å².